The minimum absolute atomic E-state index is 0.0922. The molecule has 0 N–H and O–H groups in total. The first kappa shape index (κ1) is 13.5. The molecule has 0 aliphatic rings. The van der Waals surface area contributed by atoms with Crippen molar-refractivity contribution >= 4 is 35.2 Å². The lowest BCUT2D eigenvalue weighted by molar-refractivity contribution is -0.464. The van der Waals surface area contributed by atoms with E-state index in [1.165, 1.54) is 18.4 Å². The van der Waals surface area contributed by atoms with Gasteiger partial charge in [0.15, 0.2) is 10.3 Å². The highest BCUT2D eigenvalue weighted by Gasteiger charge is 2.12. The molecule has 9 heteroatoms. The first-order chi connectivity index (χ1) is 8.02. The summed E-state index contributed by atoms with van der Waals surface area (Å²) >= 11 is 6.87. The third kappa shape index (κ3) is 4.45. The van der Waals surface area contributed by atoms with Crippen molar-refractivity contribution in [3.05, 3.63) is 25.7 Å². The van der Waals surface area contributed by atoms with Crippen molar-refractivity contribution < 1.29 is 9.72 Å². The lowest BCUT2D eigenvalue weighted by Gasteiger charge is -2.09. The Morgan fingerprint density at radius 2 is 2.53 bits per heavy atom. The lowest BCUT2D eigenvalue weighted by Crippen LogP contribution is -2.31. The van der Waals surface area contributed by atoms with E-state index in [1.807, 2.05) is 0 Å². The van der Waals surface area contributed by atoms with Crippen molar-refractivity contribution in [1.29, 1.82) is 0 Å². The van der Waals surface area contributed by atoms with Gasteiger partial charge in [-0.05, 0) is 0 Å². The number of nitro groups is 1. The third-order valence-corrected chi connectivity index (χ3v) is 2.88. The van der Waals surface area contributed by atoms with Crippen LogP contribution in [0.1, 0.15) is 4.88 Å². The lowest BCUT2D eigenvalue weighted by atomic mass is 10.5. The fourth-order valence-corrected chi connectivity index (χ4v) is 1.88. The van der Waals surface area contributed by atoms with Crippen LogP contribution >= 0.6 is 22.9 Å². The van der Waals surface area contributed by atoms with Crippen LogP contribution in [-0.4, -0.2) is 40.6 Å². The van der Waals surface area contributed by atoms with Crippen molar-refractivity contribution in [2.24, 2.45) is 4.99 Å². The molecule has 0 unspecified atom stereocenters. The molecule has 0 saturated carbocycles. The Labute approximate surface area is 106 Å². The van der Waals surface area contributed by atoms with Gasteiger partial charge in [0.1, 0.15) is 0 Å². The van der Waals surface area contributed by atoms with E-state index in [4.69, 9.17) is 11.6 Å². The average Bonchev–Trinajstić information content (AvgIpc) is 2.68. The first-order valence-electron chi connectivity index (χ1n) is 4.46. The van der Waals surface area contributed by atoms with E-state index in [-0.39, 0.29) is 12.4 Å². The summed E-state index contributed by atoms with van der Waals surface area (Å²) in [6.45, 7) is -0.284. The van der Waals surface area contributed by atoms with E-state index in [0.717, 1.165) is 9.78 Å². The molecule has 0 fully saturated rings. The SMILES string of the molecule is CN(C=O)C(C[N+](=O)[O-])=NCc1cnc(Cl)s1. The number of hydrogen-bond donors (Lipinski definition) is 0. The summed E-state index contributed by atoms with van der Waals surface area (Å²) in [7, 11) is 1.41. The summed E-state index contributed by atoms with van der Waals surface area (Å²) in [5.74, 6) is 0.0922. The van der Waals surface area contributed by atoms with E-state index in [2.05, 4.69) is 9.98 Å². The second-order valence-corrected chi connectivity index (χ2v) is 4.72. The number of rotatable bonds is 5. The van der Waals surface area contributed by atoms with Gasteiger partial charge in [-0.15, -0.1) is 11.3 Å². The van der Waals surface area contributed by atoms with Crippen LogP contribution in [0.25, 0.3) is 0 Å². The predicted octanol–water partition coefficient (Wildman–Crippen LogP) is 1.06. The number of aliphatic imine (C=N–C) groups is 1. The van der Waals surface area contributed by atoms with E-state index in [1.54, 1.807) is 6.20 Å². The van der Waals surface area contributed by atoms with Gasteiger partial charge in [0, 0.05) is 23.0 Å². The van der Waals surface area contributed by atoms with E-state index >= 15 is 0 Å². The molecule has 0 aliphatic heterocycles. The Hall–Kier alpha value is -1.54. The molecule has 0 bridgehead atoms. The van der Waals surface area contributed by atoms with Crippen LogP contribution in [0.3, 0.4) is 0 Å². The predicted molar refractivity (Wildman–Crippen MR) is 64.0 cm³/mol. The van der Waals surface area contributed by atoms with Gasteiger partial charge in [-0.3, -0.25) is 19.9 Å². The number of halogens is 1. The van der Waals surface area contributed by atoms with Crippen LogP contribution in [0.15, 0.2) is 11.2 Å². The maximum Gasteiger partial charge on any atom is 0.260 e. The maximum absolute atomic E-state index is 10.5. The number of amides is 1. The summed E-state index contributed by atoms with van der Waals surface area (Å²) in [6, 6.07) is 0. The highest BCUT2D eigenvalue weighted by atomic mass is 35.5. The molecule has 17 heavy (non-hydrogen) atoms. The molecular weight excluding hydrogens is 268 g/mol. The third-order valence-electron chi connectivity index (χ3n) is 1.78. The molecule has 0 aliphatic carbocycles. The molecule has 0 spiro atoms. The minimum Gasteiger partial charge on any atom is -0.301 e. The van der Waals surface area contributed by atoms with Crippen molar-refractivity contribution in [2.45, 2.75) is 6.54 Å². The number of thiazole rings is 1. The van der Waals surface area contributed by atoms with Crippen LogP contribution in [0.2, 0.25) is 4.47 Å². The largest absolute Gasteiger partial charge is 0.301 e. The van der Waals surface area contributed by atoms with Crippen molar-refractivity contribution in [3.63, 3.8) is 0 Å². The number of aromatic nitrogens is 1. The fraction of sp³-hybridized carbons (Fsp3) is 0.375. The zero-order valence-electron chi connectivity index (χ0n) is 8.87. The molecule has 1 rings (SSSR count). The number of nitrogens with zero attached hydrogens (tertiary/aromatic N) is 4. The number of amidine groups is 1. The molecule has 1 amide bonds. The van der Waals surface area contributed by atoms with Crippen LogP contribution in [0, 0.1) is 10.1 Å². The van der Waals surface area contributed by atoms with E-state index < -0.39 is 11.5 Å². The fourth-order valence-electron chi connectivity index (χ4n) is 0.975. The summed E-state index contributed by atoms with van der Waals surface area (Å²) in [5, 5.41) is 10.4. The molecular formula is C8H9ClN4O3S. The zero-order valence-corrected chi connectivity index (χ0v) is 10.4. The maximum atomic E-state index is 10.5. The van der Waals surface area contributed by atoms with Crippen LogP contribution in [0.5, 0.6) is 0 Å². The Balaban J connectivity index is 2.75. The summed E-state index contributed by atoms with van der Waals surface area (Å²) < 4.78 is 0.384. The Bertz CT molecular complexity index is 448. The smallest absolute Gasteiger partial charge is 0.260 e. The first-order valence-corrected chi connectivity index (χ1v) is 5.66. The van der Waals surface area contributed by atoms with Crippen molar-refractivity contribution in [1.82, 2.24) is 9.88 Å². The molecule has 0 radical (unpaired) electrons. The van der Waals surface area contributed by atoms with Crippen molar-refractivity contribution in [2.75, 3.05) is 13.6 Å². The van der Waals surface area contributed by atoms with Gasteiger partial charge in [0.05, 0.1) is 6.54 Å². The van der Waals surface area contributed by atoms with Crippen LogP contribution in [0.4, 0.5) is 0 Å². The van der Waals surface area contributed by atoms with E-state index in [9.17, 15) is 14.9 Å². The van der Waals surface area contributed by atoms with E-state index in [0.29, 0.717) is 10.9 Å². The van der Waals surface area contributed by atoms with Gasteiger partial charge < -0.3 is 4.90 Å². The number of hydrogen-bond acceptors (Lipinski definition) is 6. The number of likely N-dealkylation sites (N-methyl/N-ethyl adjacent to an activating group) is 1. The monoisotopic (exact) mass is 276 g/mol. The summed E-state index contributed by atoms with van der Waals surface area (Å²) in [5.41, 5.74) is 0. The topological polar surface area (TPSA) is 88.7 Å². The molecule has 1 aromatic heterocycles. The highest BCUT2D eigenvalue weighted by molar-refractivity contribution is 7.15. The zero-order chi connectivity index (χ0) is 12.8. The highest BCUT2D eigenvalue weighted by Crippen LogP contribution is 2.18. The minimum atomic E-state index is -0.543. The van der Waals surface area contributed by atoms with Gasteiger partial charge >= 0.3 is 0 Å². The Morgan fingerprint density at radius 1 is 1.82 bits per heavy atom. The molecule has 1 aromatic rings. The second-order valence-electron chi connectivity index (χ2n) is 3.02. The normalized spacial score (nSPS) is 11.3. The summed E-state index contributed by atoms with van der Waals surface area (Å²) in [6.07, 6.45) is 2.02. The van der Waals surface area contributed by atoms with Gasteiger partial charge in [-0.25, -0.2) is 4.98 Å². The quantitative estimate of drug-likeness (QED) is 0.264. The number of carbonyl (C=O) groups excluding carboxylic acids is 1. The van der Waals surface area contributed by atoms with Crippen molar-refractivity contribution in [3.8, 4) is 0 Å². The Morgan fingerprint density at radius 3 is 3.00 bits per heavy atom. The van der Waals surface area contributed by atoms with Crippen LogP contribution < -0.4 is 0 Å². The standard InChI is InChI=1S/C8H9ClN4O3S/c1-12(5-14)7(4-13(15)16)10-2-6-3-11-8(9)17-6/h3,5H,2,4H2,1H3. The second kappa shape index (κ2) is 6.26. The molecule has 92 valence electrons. The average molecular weight is 277 g/mol. The summed E-state index contributed by atoms with van der Waals surface area (Å²) in [4.78, 5) is 30.1. The molecule has 7 nitrogen and oxygen atoms in total. The number of carbonyl (C=O) groups is 1. The molecule has 1 heterocycles. The van der Waals surface area contributed by atoms with Gasteiger partial charge in [0.2, 0.25) is 6.41 Å². The van der Waals surface area contributed by atoms with Gasteiger partial charge in [-0.2, -0.15) is 0 Å². The molecule has 0 saturated heterocycles. The van der Waals surface area contributed by atoms with Crippen LogP contribution in [-0.2, 0) is 11.3 Å². The molecule has 0 aromatic carbocycles. The molecule has 0 atom stereocenters. The van der Waals surface area contributed by atoms with Gasteiger partial charge in [0.25, 0.3) is 6.54 Å². The van der Waals surface area contributed by atoms with Gasteiger partial charge in [-0.1, -0.05) is 11.6 Å². The Kier molecular flexibility index (Phi) is 4.98.